The zero-order valence-electron chi connectivity index (χ0n) is 20.7. The second-order valence-electron chi connectivity index (χ2n) is 8.23. The Morgan fingerprint density at radius 2 is 1.73 bits per heavy atom. The van der Waals surface area contributed by atoms with E-state index in [0.29, 0.717) is 37.6 Å². The number of thiophene rings is 1. The first-order valence-electron chi connectivity index (χ1n) is 11.3. The van der Waals surface area contributed by atoms with E-state index in [1.807, 2.05) is 28.5 Å². The maximum absolute atomic E-state index is 13.4. The molecule has 0 saturated carbocycles. The van der Waals surface area contributed by atoms with Crippen LogP contribution >= 0.6 is 11.3 Å². The van der Waals surface area contributed by atoms with E-state index < -0.39 is 0 Å². The summed E-state index contributed by atoms with van der Waals surface area (Å²) in [6, 6.07) is 7.75. The highest BCUT2D eigenvalue weighted by atomic mass is 32.1. The Balaban J connectivity index is 2.19. The Morgan fingerprint density at radius 3 is 2.30 bits per heavy atom. The minimum absolute atomic E-state index is 0.0467. The van der Waals surface area contributed by atoms with Crippen LogP contribution in [0.4, 0.5) is 4.79 Å². The van der Waals surface area contributed by atoms with Crippen LogP contribution in [-0.4, -0.2) is 74.6 Å². The number of carbonyl (C=O) groups excluding carboxylic acids is 2. The van der Waals surface area contributed by atoms with Gasteiger partial charge in [0.15, 0.2) is 11.5 Å². The summed E-state index contributed by atoms with van der Waals surface area (Å²) in [4.78, 5) is 32.2. The van der Waals surface area contributed by atoms with Gasteiger partial charge < -0.3 is 24.2 Å². The monoisotopic (exact) mass is 475 g/mol. The molecule has 0 N–H and O–H groups in total. The van der Waals surface area contributed by atoms with Gasteiger partial charge in [0.25, 0.3) is 0 Å². The van der Waals surface area contributed by atoms with Gasteiger partial charge in [-0.2, -0.15) is 0 Å². The number of hydrogen-bond donors (Lipinski definition) is 0. The van der Waals surface area contributed by atoms with Gasteiger partial charge >= 0.3 is 6.03 Å². The number of carbonyl (C=O) groups is 2. The van der Waals surface area contributed by atoms with Gasteiger partial charge in [0.2, 0.25) is 5.91 Å². The molecule has 2 aromatic rings. The van der Waals surface area contributed by atoms with Gasteiger partial charge in [-0.25, -0.2) is 4.79 Å². The van der Waals surface area contributed by atoms with Crippen LogP contribution in [0.1, 0.15) is 35.8 Å². The smallest absolute Gasteiger partial charge is 0.319 e. The zero-order valence-corrected chi connectivity index (χ0v) is 21.5. The minimum atomic E-state index is -0.135. The number of rotatable bonds is 12. The molecule has 3 amide bonds. The number of benzene rings is 1. The third-order valence-corrected chi connectivity index (χ3v) is 6.54. The maximum atomic E-state index is 13.4. The van der Waals surface area contributed by atoms with Crippen LogP contribution in [0.2, 0.25) is 0 Å². The first kappa shape index (κ1) is 26.5. The van der Waals surface area contributed by atoms with Crippen molar-refractivity contribution in [1.29, 1.82) is 0 Å². The van der Waals surface area contributed by atoms with Gasteiger partial charge in [0.05, 0.1) is 20.8 Å². The summed E-state index contributed by atoms with van der Waals surface area (Å²) in [6.45, 7) is 5.87. The van der Waals surface area contributed by atoms with Crippen molar-refractivity contribution in [3.8, 4) is 11.5 Å². The highest BCUT2D eigenvalue weighted by molar-refractivity contribution is 7.10. The van der Waals surface area contributed by atoms with Crippen molar-refractivity contribution in [1.82, 2.24) is 14.7 Å². The van der Waals surface area contributed by atoms with E-state index in [0.717, 1.165) is 23.3 Å². The highest BCUT2D eigenvalue weighted by Crippen LogP contribution is 2.28. The molecule has 0 spiro atoms. The van der Waals surface area contributed by atoms with Gasteiger partial charge in [0.1, 0.15) is 6.54 Å². The van der Waals surface area contributed by atoms with Crippen molar-refractivity contribution in [3.05, 3.63) is 45.6 Å². The van der Waals surface area contributed by atoms with E-state index in [9.17, 15) is 9.59 Å². The van der Waals surface area contributed by atoms with Crippen molar-refractivity contribution >= 4 is 23.3 Å². The summed E-state index contributed by atoms with van der Waals surface area (Å²) in [6.07, 6.45) is 2.50. The van der Waals surface area contributed by atoms with Crippen LogP contribution < -0.4 is 9.47 Å². The van der Waals surface area contributed by atoms with Crippen molar-refractivity contribution in [2.75, 3.05) is 47.9 Å². The summed E-state index contributed by atoms with van der Waals surface area (Å²) in [7, 11) is 6.66. The molecule has 2 rings (SSSR count). The number of nitrogens with zero attached hydrogens (tertiary/aromatic N) is 3. The third kappa shape index (κ3) is 7.67. The molecule has 7 nitrogen and oxygen atoms in total. The number of ether oxygens (including phenoxy) is 2. The number of hydrogen-bond acceptors (Lipinski definition) is 5. The van der Waals surface area contributed by atoms with E-state index in [1.54, 1.807) is 44.6 Å². The zero-order chi connectivity index (χ0) is 24.4. The van der Waals surface area contributed by atoms with Crippen molar-refractivity contribution < 1.29 is 19.1 Å². The molecule has 0 fully saturated rings. The standard InChI is InChI=1S/C25H37N3O4S/c1-7-8-13-28(25(30)26(3)4)18-24(29)27(17-23-19(2)12-15-33-23)14-11-20-9-10-21(31-5)22(16-20)32-6/h9-10,12,15-16H,7-8,11,13-14,17-18H2,1-6H3. The van der Waals surface area contributed by atoms with E-state index >= 15 is 0 Å². The van der Waals surface area contributed by atoms with Gasteiger partial charge in [-0.05, 0) is 54.5 Å². The number of methoxy groups -OCH3 is 2. The fraction of sp³-hybridized carbons (Fsp3) is 0.520. The normalized spacial score (nSPS) is 10.6. The van der Waals surface area contributed by atoms with Gasteiger partial charge in [-0.15, -0.1) is 11.3 Å². The van der Waals surface area contributed by atoms with Gasteiger partial charge in [-0.3, -0.25) is 4.79 Å². The topological polar surface area (TPSA) is 62.3 Å². The molecule has 8 heteroatoms. The lowest BCUT2D eigenvalue weighted by atomic mass is 10.1. The quantitative estimate of drug-likeness (QED) is 0.456. The molecule has 0 bridgehead atoms. The molecule has 1 heterocycles. The Hall–Kier alpha value is -2.74. The molecule has 0 aliphatic heterocycles. The Morgan fingerprint density at radius 1 is 1.00 bits per heavy atom. The average Bonchev–Trinajstić information content (AvgIpc) is 3.22. The number of aryl methyl sites for hydroxylation is 1. The molecule has 33 heavy (non-hydrogen) atoms. The summed E-state index contributed by atoms with van der Waals surface area (Å²) < 4.78 is 10.7. The molecule has 0 aliphatic carbocycles. The maximum Gasteiger partial charge on any atom is 0.319 e. The third-order valence-electron chi connectivity index (χ3n) is 5.53. The van der Waals surface area contributed by atoms with Crippen LogP contribution in [0.25, 0.3) is 0 Å². The summed E-state index contributed by atoms with van der Waals surface area (Å²) in [5, 5.41) is 2.05. The van der Waals surface area contributed by atoms with Gasteiger partial charge in [0, 0.05) is 32.1 Å². The molecule has 0 unspecified atom stereocenters. The summed E-state index contributed by atoms with van der Waals surface area (Å²) >= 11 is 1.65. The largest absolute Gasteiger partial charge is 0.493 e. The molecular weight excluding hydrogens is 438 g/mol. The Kier molecular flexibility index (Phi) is 10.5. The van der Waals surface area contributed by atoms with Crippen LogP contribution in [0.15, 0.2) is 29.6 Å². The number of unbranched alkanes of at least 4 members (excludes halogenated alkanes) is 1. The summed E-state index contributed by atoms with van der Waals surface area (Å²) in [5.41, 5.74) is 2.23. The fourth-order valence-corrected chi connectivity index (χ4v) is 4.39. The lowest BCUT2D eigenvalue weighted by Gasteiger charge is -2.29. The number of urea groups is 1. The summed E-state index contributed by atoms with van der Waals surface area (Å²) in [5.74, 6) is 1.30. The molecule has 182 valence electrons. The van der Waals surface area contributed by atoms with Crippen LogP contribution in [0.5, 0.6) is 11.5 Å². The van der Waals surface area contributed by atoms with Gasteiger partial charge in [-0.1, -0.05) is 19.4 Å². The van der Waals surface area contributed by atoms with E-state index in [-0.39, 0.29) is 18.5 Å². The predicted molar refractivity (Wildman–Crippen MR) is 133 cm³/mol. The number of amides is 3. The lowest BCUT2D eigenvalue weighted by Crippen LogP contribution is -2.47. The second-order valence-corrected chi connectivity index (χ2v) is 9.23. The average molecular weight is 476 g/mol. The Bertz CT molecular complexity index is 913. The SMILES string of the molecule is CCCCN(CC(=O)N(CCc1ccc(OC)c(OC)c1)Cc1sccc1C)C(=O)N(C)C. The highest BCUT2D eigenvalue weighted by Gasteiger charge is 2.23. The molecule has 1 aromatic carbocycles. The minimum Gasteiger partial charge on any atom is -0.493 e. The Labute approximate surface area is 201 Å². The predicted octanol–water partition coefficient (Wildman–Crippen LogP) is 4.43. The molecular formula is C25H37N3O4S. The van der Waals surface area contributed by atoms with E-state index in [1.165, 1.54) is 10.5 Å². The molecule has 1 aromatic heterocycles. The first-order chi connectivity index (χ1) is 15.8. The van der Waals surface area contributed by atoms with Crippen molar-refractivity contribution in [2.45, 2.75) is 39.7 Å². The first-order valence-corrected chi connectivity index (χ1v) is 12.2. The van der Waals surface area contributed by atoms with E-state index in [4.69, 9.17) is 9.47 Å². The molecule has 0 aliphatic rings. The fourth-order valence-electron chi connectivity index (χ4n) is 3.47. The van der Waals surface area contributed by atoms with Crippen LogP contribution in [-0.2, 0) is 17.8 Å². The lowest BCUT2D eigenvalue weighted by molar-refractivity contribution is -0.132. The molecule has 0 radical (unpaired) electrons. The van der Waals surface area contributed by atoms with Crippen molar-refractivity contribution in [2.24, 2.45) is 0 Å². The molecule has 0 saturated heterocycles. The van der Waals surface area contributed by atoms with Crippen LogP contribution in [0, 0.1) is 6.92 Å². The van der Waals surface area contributed by atoms with Crippen LogP contribution in [0.3, 0.4) is 0 Å². The second kappa shape index (κ2) is 13.1. The molecule has 0 atom stereocenters. The van der Waals surface area contributed by atoms with E-state index in [2.05, 4.69) is 19.9 Å². The van der Waals surface area contributed by atoms with Crippen molar-refractivity contribution in [3.63, 3.8) is 0 Å².